The van der Waals surface area contributed by atoms with Crippen molar-refractivity contribution in [3.8, 4) is 5.88 Å². The molecule has 29 heavy (non-hydrogen) atoms. The topological polar surface area (TPSA) is 71.4 Å². The minimum absolute atomic E-state index is 0.475. The van der Waals surface area contributed by atoms with Crippen molar-refractivity contribution < 1.29 is 4.74 Å². The van der Waals surface area contributed by atoms with Gasteiger partial charge in [0.15, 0.2) is 5.96 Å². The summed E-state index contributed by atoms with van der Waals surface area (Å²) in [6, 6.07) is 14.0. The second-order valence-electron chi connectivity index (χ2n) is 6.54. The quantitative estimate of drug-likeness (QED) is 0.435. The van der Waals surface area contributed by atoms with Crippen molar-refractivity contribution in [1.82, 2.24) is 20.6 Å². The van der Waals surface area contributed by atoms with Gasteiger partial charge in [0, 0.05) is 23.2 Å². The standard InChI is InChI=1S/C22H27N5OS/c1-4-23-22(26-14-20-27-16(2)17(3)29-20)25-13-19-11-8-12-24-21(19)28-15-18-9-6-5-7-10-18/h5-12H,4,13-15H2,1-3H3,(H2,23,25,26). The highest BCUT2D eigenvalue weighted by Gasteiger charge is 2.07. The SMILES string of the molecule is CCNC(=NCc1cccnc1OCc1ccccc1)NCc1nc(C)c(C)s1. The predicted molar refractivity (Wildman–Crippen MR) is 118 cm³/mol. The number of aliphatic imine (C=N–C) groups is 1. The number of pyridine rings is 1. The molecule has 0 unspecified atom stereocenters. The van der Waals surface area contributed by atoms with Gasteiger partial charge in [0.25, 0.3) is 0 Å². The molecule has 0 aliphatic heterocycles. The van der Waals surface area contributed by atoms with E-state index in [0.29, 0.717) is 25.6 Å². The van der Waals surface area contributed by atoms with Crippen LogP contribution in [0.25, 0.3) is 0 Å². The summed E-state index contributed by atoms with van der Waals surface area (Å²) < 4.78 is 5.93. The average Bonchev–Trinajstić information content (AvgIpc) is 3.07. The highest BCUT2D eigenvalue weighted by atomic mass is 32.1. The largest absolute Gasteiger partial charge is 0.473 e. The number of ether oxygens (including phenoxy) is 1. The minimum atomic E-state index is 0.475. The lowest BCUT2D eigenvalue weighted by Gasteiger charge is -2.12. The molecule has 0 aliphatic rings. The number of nitrogens with one attached hydrogen (secondary N) is 2. The molecule has 3 aromatic rings. The number of aryl methyl sites for hydroxylation is 2. The third-order valence-corrected chi connectivity index (χ3v) is 5.37. The molecule has 0 saturated carbocycles. The molecular weight excluding hydrogens is 382 g/mol. The Kier molecular flexibility index (Phi) is 7.58. The molecule has 7 heteroatoms. The van der Waals surface area contributed by atoms with E-state index in [1.54, 1.807) is 17.5 Å². The van der Waals surface area contributed by atoms with E-state index in [4.69, 9.17) is 9.73 Å². The second-order valence-corrected chi connectivity index (χ2v) is 7.83. The molecule has 2 aromatic heterocycles. The first-order valence-electron chi connectivity index (χ1n) is 9.71. The van der Waals surface area contributed by atoms with Crippen LogP contribution in [0.4, 0.5) is 0 Å². The maximum atomic E-state index is 5.93. The molecule has 2 N–H and O–H groups in total. The number of nitrogens with zero attached hydrogens (tertiary/aromatic N) is 3. The van der Waals surface area contributed by atoms with Crippen LogP contribution < -0.4 is 15.4 Å². The molecule has 0 radical (unpaired) electrons. The lowest BCUT2D eigenvalue weighted by Crippen LogP contribution is -2.36. The fourth-order valence-electron chi connectivity index (χ4n) is 2.68. The van der Waals surface area contributed by atoms with Crippen LogP contribution in [0.3, 0.4) is 0 Å². The Balaban J connectivity index is 1.63. The molecule has 0 spiro atoms. The van der Waals surface area contributed by atoms with E-state index in [9.17, 15) is 0 Å². The molecule has 1 aromatic carbocycles. The number of hydrogen-bond acceptors (Lipinski definition) is 5. The molecule has 0 atom stereocenters. The molecule has 0 aliphatic carbocycles. The van der Waals surface area contributed by atoms with Crippen molar-refractivity contribution >= 4 is 17.3 Å². The summed E-state index contributed by atoms with van der Waals surface area (Å²) in [5.41, 5.74) is 3.14. The summed E-state index contributed by atoms with van der Waals surface area (Å²) in [7, 11) is 0. The highest BCUT2D eigenvalue weighted by Crippen LogP contribution is 2.18. The average molecular weight is 410 g/mol. The second kappa shape index (κ2) is 10.6. The van der Waals surface area contributed by atoms with Gasteiger partial charge in [-0.1, -0.05) is 36.4 Å². The molecule has 0 fully saturated rings. The Morgan fingerprint density at radius 3 is 2.66 bits per heavy atom. The van der Waals surface area contributed by atoms with Crippen LogP contribution in [0.2, 0.25) is 0 Å². The number of hydrogen-bond donors (Lipinski definition) is 2. The smallest absolute Gasteiger partial charge is 0.218 e. The third-order valence-electron chi connectivity index (χ3n) is 4.30. The summed E-state index contributed by atoms with van der Waals surface area (Å²) in [5, 5.41) is 7.68. The van der Waals surface area contributed by atoms with Crippen LogP contribution in [0, 0.1) is 13.8 Å². The van der Waals surface area contributed by atoms with Crippen molar-refractivity contribution in [2.45, 2.75) is 40.5 Å². The van der Waals surface area contributed by atoms with Gasteiger partial charge in [-0.15, -0.1) is 11.3 Å². The van der Waals surface area contributed by atoms with Gasteiger partial charge in [0.1, 0.15) is 11.6 Å². The maximum Gasteiger partial charge on any atom is 0.218 e. The van der Waals surface area contributed by atoms with Crippen LogP contribution in [-0.4, -0.2) is 22.5 Å². The van der Waals surface area contributed by atoms with E-state index in [0.717, 1.165) is 34.3 Å². The lowest BCUT2D eigenvalue weighted by atomic mass is 10.2. The molecule has 2 heterocycles. The van der Waals surface area contributed by atoms with Gasteiger partial charge < -0.3 is 15.4 Å². The van der Waals surface area contributed by atoms with E-state index in [1.807, 2.05) is 56.3 Å². The zero-order valence-electron chi connectivity index (χ0n) is 17.1. The molecule has 3 rings (SSSR count). The fraction of sp³-hybridized carbons (Fsp3) is 0.318. The number of guanidine groups is 1. The van der Waals surface area contributed by atoms with E-state index >= 15 is 0 Å². The lowest BCUT2D eigenvalue weighted by molar-refractivity contribution is 0.290. The number of rotatable bonds is 8. The van der Waals surface area contributed by atoms with Crippen molar-refractivity contribution in [2.75, 3.05) is 6.54 Å². The summed E-state index contributed by atoms with van der Waals surface area (Å²) in [4.78, 5) is 14.9. The normalized spacial score (nSPS) is 11.3. The number of thiazole rings is 1. The zero-order valence-corrected chi connectivity index (χ0v) is 17.9. The van der Waals surface area contributed by atoms with Crippen LogP contribution in [0.15, 0.2) is 53.7 Å². The van der Waals surface area contributed by atoms with Gasteiger partial charge in [0.2, 0.25) is 5.88 Å². The van der Waals surface area contributed by atoms with E-state index in [1.165, 1.54) is 4.88 Å². The van der Waals surface area contributed by atoms with Crippen molar-refractivity contribution in [1.29, 1.82) is 0 Å². The predicted octanol–water partition coefficient (Wildman–Crippen LogP) is 3.99. The van der Waals surface area contributed by atoms with Gasteiger partial charge in [-0.2, -0.15) is 0 Å². The van der Waals surface area contributed by atoms with Gasteiger partial charge in [0.05, 0.1) is 18.8 Å². The first-order chi connectivity index (χ1) is 14.2. The number of aromatic nitrogens is 2. The van der Waals surface area contributed by atoms with Crippen LogP contribution in [0.1, 0.15) is 33.6 Å². The summed E-state index contributed by atoms with van der Waals surface area (Å²) >= 11 is 1.71. The van der Waals surface area contributed by atoms with Crippen molar-refractivity contribution in [3.05, 3.63) is 75.4 Å². The number of benzene rings is 1. The fourth-order valence-corrected chi connectivity index (χ4v) is 3.55. The van der Waals surface area contributed by atoms with E-state index in [-0.39, 0.29) is 0 Å². The molecular formula is C22H27N5OS. The van der Waals surface area contributed by atoms with Crippen molar-refractivity contribution in [2.24, 2.45) is 4.99 Å². The minimum Gasteiger partial charge on any atom is -0.473 e. The third kappa shape index (κ3) is 6.29. The Bertz CT molecular complexity index is 920. The highest BCUT2D eigenvalue weighted by molar-refractivity contribution is 7.11. The first-order valence-corrected chi connectivity index (χ1v) is 10.5. The van der Waals surface area contributed by atoms with Crippen molar-refractivity contribution in [3.63, 3.8) is 0 Å². The first kappa shape index (κ1) is 20.8. The van der Waals surface area contributed by atoms with Gasteiger partial charge in [-0.3, -0.25) is 0 Å². The Labute approximate surface area is 176 Å². The Morgan fingerprint density at radius 2 is 1.93 bits per heavy atom. The maximum absolute atomic E-state index is 5.93. The van der Waals surface area contributed by atoms with Gasteiger partial charge >= 0.3 is 0 Å². The summed E-state index contributed by atoms with van der Waals surface area (Å²) in [5.74, 6) is 1.36. The van der Waals surface area contributed by atoms with Crippen LogP contribution in [0.5, 0.6) is 5.88 Å². The summed E-state index contributed by atoms with van der Waals surface area (Å²) in [6.07, 6.45) is 1.74. The van der Waals surface area contributed by atoms with Crippen LogP contribution >= 0.6 is 11.3 Å². The Morgan fingerprint density at radius 1 is 1.10 bits per heavy atom. The summed E-state index contributed by atoms with van der Waals surface area (Å²) in [6.45, 7) is 8.57. The molecule has 0 bridgehead atoms. The zero-order chi connectivity index (χ0) is 20.5. The molecule has 0 amide bonds. The van der Waals surface area contributed by atoms with Gasteiger partial charge in [-0.05, 0) is 32.4 Å². The molecule has 0 saturated heterocycles. The molecule has 152 valence electrons. The van der Waals surface area contributed by atoms with Gasteiger partial charge in [-0.25, -0.2) is 15.0 Å². The monoisotopic (exact) mass is 409 g/mol. The van der Waals surface area contributed by atoms with Crippen LogP contribution in [-0.2, 0) is 19.7 Å². The molecule has 6 nitrogen and oxygen atoms in total. The van der Waals surface area contributed by atoms with E-state index in [2.05, 4.69) is 27.5 Å². The Hall–Kier alpha value is -2.93. The van der Waals surface area contributed by atoms with E-state index < -0.39 is 0 Å².